The van der Waals surface area contributed by atoms with E-state index in [9.17, 15) is 4.79 Å². The molecule has 0 aliphatic rings. The normalized spacial score (nSPS) is 11.6. The van der Waals surface area contributed by atoms with Crippen molar-refractivity contribution in [3.05, 3.63) is 35.9 Å². The molecule has 0 unspecified atom stereocenters. The second-order valence-corrected chi connectivity index (χ2v) is 10.3. The third-order valence-corrected chi connectivity index (χ3v) is 6.66. The summed E-state index contributed by atoms with van der Waals surface area (Å²) in [4.78, 5) is 12.1. The van der Waals surface area contributed by atoms with Gasteiger partial charge in [0.15, 0.2) is 0 Å². The number of carbonyl (C=O) groups excluding carboxylic acids is 1. The van der Waals surface area contributed by atoms with Crippen LogP contribution in [0.3, 0.4) is 0 Å². The third-order valence-electron chi connectivity index (χ3n) is 6.66. The Hall–Kier alpha value is -1.35. The molecule has 0 saturated heterocycles. The molecule has 3 heteroatoms. The van der Waals surface area contributed by atoms with Gasteiger partial charge in [-0.1, -0.05) is 115 Å². The minimum atomic E-state index is 0.0352. The number of benzene rings is 1. The molecular weight excluding hydrogens is 392 g/mol. The summed E-state index contributed by atoms with van der Waals surface area (Å²) in [6.45, 7) is 5.20. The fraction of sp³-hybridized carbons (Fsp3) is 0.759. The van der Waals surface area contributed by atoms with E-state index in [1.54, 1.807) is 0 Å². The fourth-order valence-electron chi connectivity index (χ4n) is 4.36. The van der Waals surface area contributed by atoms with E-state index < -0.39 is 0 Å². The van der Waals surface area contributed by atoms with Gasteiger partial charge in [-0.05, 0) is 25.0 Å². The molecule has 1 N–H and O–H groups in total. The molecule has 0 spiro atoms. The minimum absolute atomic E-state index is 0.0352. The topological polar surface area (TPSA) is 29.1 Å². The Morgan fingerprint density at radius 2 is 1.09 bits per heavy atom. The Bertz CT molecular complexity index is 556. The summed E-state index contributed by atoms with van der Waals surface area (Å²) >= 11 is 0. The highest BCUT2D eigenvalue weighted by Crippen LogP contribution is 2.14. The number of likely N-dealkylation sites (N-methyl/N-ethyl adjacent to an activating group) is 1. The van der Waals surface area contributed by atoms with Crippen LogP contribution in [0, 0.1) is 0 Å². The third kappa shape index (κ3) is 16.3. The standard InChI is InChI=1S/C29H52N2O/c1-4-5-6-7-8-9-10-11-12-13-14-15-16-17-18-22-26-31(2,3)27-25-30-29(32)28-23-20-19-21-24-28/h19-21,23-24H,4-18,22,25-27H2,1-3H3/p+1. The number of quaternary nitrogens is 1. The van der Waals surface area contributed by atoms with Crippen molar-refractivity contribution in [1.82, 2.24) is 5.32 Å². The van der Waals surface area contributed by atoms with Gasteiger partial charge in [0.1, 0.15) is 0 Å². The Labute approximate surface area is 200 Å². The lowest BCUT2D eigenvalue weighted by molar-refractivity contribution is -0.889. The molecule has 0 radical (unpaired) electrons. The maximum Gasteiger partial charge on any atom is 0.251 e. The van der Waals surface area contributed by atoms with E-state index in [4.69, 9.17) is 0 Å². The predicted molar refractivity (Wildman–Crippen MR) is 140 cm³/mol. The Morgan fingerprint density at radius 3 is 1.56 bits per heavy atom. The van der Waals surface area contributed by atoms with Gasteiger partial charge in [-0.25, -0.2) is 0 Å². The van der Waals surface area contributed by atoms with Gasteiger partial charge in [0.2, 0.25) is 0 Å². The summed E-state index contributed by atoms with van der Waals surface area (Å²) in [7, 11) is 4.56. The van der Waals surface area contributed by atoms with Crippen LogP contribution in [0.25, 0.3) is 0 Å². The molecule has 32 heavy (non-hydrogen) atoms. The second kappa shape index (κ2) is 19.1. The van der Waals surface area contributed by atoms with Crippen LogP contribution >= 0.6 is 0 Å². The molecule has 0 aliphatic carbocycles. The molecule has 1 amide bonds. The quantitative estimate of drug-likeness (QED) is 0.152. The van der Waals surface area contributed by atoms with Crippen molar-refractivity contribution in [2.24, 2.45) is 0 Å². The first-order valence-electron chi connectivity index (χ1n) is 13.7. The maximum atomic E-state index is 12.1. The Morgan fingerprint density at radius 1 is 0.656 bits per heavy atom. The highest BCUT2D eigenvalue weighted by atomic mass is 16.1. The fourth-order valence-corrected chi connectivity index (χ4v) is 4.36. The first-order chi connectivity index (χ1) is 15.5. The molecule has 184 valence electrons. The molecule has 1 aromatic rings. The van der Waals surface area contributed by atoms with Gasteiger partial charge in [-0.3, -0.25) is 4.79 Å². The van der Waals surface area contributed by atoms with Crippen LogP contribution in [0.4, 0.5) is 0 Å². The number of rotatable bonds is 21. The number of amides is 1. The monoisotopic (exact) mass is 445 g/mol. The van der Waals surface area contributed by atoms with E-state index >= 15 is 0 Å². The van der Waals surface area contributed by atoms with Gasteiger partial charge in [0.05, 0.1) is 33.7 Å². The zero-order valence-corrected chi connectivity index (χ0v) is 21.7. The van der Waals surface area contributed by atoms with Crippen LogP contribution in [-0.2, 0) is 0 Å². The maximum absolute atomic E-state index is 12.1. The van der Waals surface area contributed by atoms with E-state index in [0.717, 1.165) is 23.1 Å². The molecule has 1 rings (SSSR count). The summed E-state index contributed by atoms with van der Waals surface area (Å²) in [6.07, 6.45) is 22.6. The summed E-state index contributed by atoms with van der Waals surface area (Å²) in [6, 6.07) is 9.49. The highest BCUT2D eigenvalue weighted by molar-refractivity contribution is 5.94. The van der Waals surface area contributed by atoms with E-state index in [2.05, 4.69) is 26.3 Å². The molecule has 0 fully saturated rings. The van der Waals surface area contributed by atoms with Crippen LogP contribution in [0.1, 0.15) is 120 Å². The van der Waals surface area contributed by atoms with E-state index in [0.29, 0.717) is 0 Å². The van der Waals surface area contributed by atoms with Crippen molar-refractivity contribution in [2.45, 2.75) is 110 Å². The molecule has 0 saturated carbocycles. The van der Waals surface area contributed by atoms with Gasteiger partial charge >= 0.3 is 0 Å². The van der Waals surface area contributed by atoms with Crippen LogP contribution in [0.15, 0.2) is 30.3 Å². The summed E-state index contributed by atoms with van der Waals surface area (Å²) in [5.41, 5.74) is 0.746. The Kier molecular flexibility index (Phi) is 17.2. The van der Waals surface area contributed by atoms with Crippen LogP contribution in [-0.4, -0.2) is 44.1 Å². The lowest BCUT2D eigenvalue weighted by atomic mass is 10.0. The van der Waals surface area contributed by atoms with Gasteiger partial charge in [0.25, 0.3) is 5.91 Å². The zero-order chi connectivity index (χ0) is 23.3. The molecule has 1 aromatic carbocycles. The predicted octanol–water partition coefficient (Wildman–Crippen LogP) is 7.75. The van der Waals surface area contributed by atoms with Gasteiger partial charge in [-0.15, -0.1) is 0 Å². The van der Waals surface area contributed by atoms with Crippen molar-refractivity contribution >= 4 is 5.91 Å². The SMILES string of the molecule is CCCCCCCCCCCCCCCCCC[N+](C)(C)CCNC(=O)c1ccccc1. The van der Waals surface area contributed by atoms with E-state index in [1.807, 2.05) is 30.3 Å². The van der Waals surface area contributed by atoms with E-state index in [1.165, 1.54) is 109 Å². The molecule has 3 nitrogen and oxygen atoms in total. The number of hydrogen-bond acceptors (Lipinski definition) is 1. The van der Waals surface area contributed by atoms with E-state index in [-0.39, 0.29) is 5.91 Å². The number of nitrogens with one attached hydrogen (secondary N) is 1. The first kappa shape index (κ1) is 28.7. The molecule has 0 aromatic heterocycles. The lowest BCUT2D eigenvalue weighted by Crippen LogP contribution is -2.45. The van der Waals surface area contributed by atoms with Crippen molar-refractivity contribution in [3.8, 4) is 0 Å². The van der Waals surface area contributed by atoms with Crippen molar-refractivity contribution < 1.29 is 9.28 Å². The van der Waals surface area contributed by atoms with Gasteiger partial charge in [0, 0.05) is 5.56 Å². The van der Waals surface area contributed by atoms with Crippen LogP contribution in [0.5, 0.6) is 0 Å². The van der Waals surface area contributed by atoms with Crippen LogP contribution < -0.4 is 5.32 Å². The lowest BCUT2D eigenvalue weighted by Gasteiger charge is -2.30. The second-order valence-electron chi connectivity index (χ2n) is 10.3. The van der Waals surface area contributed by atoms with Crippen LogP contribution in [0.2, 0.25) is 0 Å². The number of unbranched alkanes of at least 4 members (excludes halogenated alkanes) is 15. The highest BCUT2D eigenvalue weighted by Gasteiger charge is 2.15. The zero-order valence-electron chi connectivity index (χ0n) is 21.7. The number of carbonyl (C=O) groups is 1. The summed E-state index contributed by atoms with van der Waals surface area (Å²) < 4.78 is 0.980. The largest absolute Gasteiger partial charge is 0.346 e. The molecular formula is C29H53N2O+. The molecule has 0 atom stereocenters. The average molecular weight is 446 g/mol. The van der Waals surface area contributed by atoms with Crippen molar-refractivity contribution in [1.29, 1.82) is 0 Å². The van der Waals surface area contributed by atoms with Crippen molar-refractivity contribution in [3.63, 3.8) is 0 Å². The summed E-state index contributed by atoms with van der Waals surface area (Å²) in [5, 5.41) is 3.06. The summed E-state index contributed by atoms with van der Waals surface area (Å²) in [5.74, 6) is 0.0352. The van der Waals surface area contributed by atoms with Crippen molar-refractivity contribution in [2.75, 3.05) is 33.7 Å². The number of nitrogens with zero attached hydrogens (tertiary/aromatic N) is 1. The van der Waals surface area contributed by atoms with Gasteiger partial charge in [-0.2, -0.15) is 0 Å². The molecule has 0 aliphatic heterocycles. The first-order valence-corrected chi connectivity index (χ1v) is 13.7. The Balaban J connectivity index is 1.87. The minimum Gasteiger partial charge on any atom is -0.346 e. The molecule has 0 heterocycles. The van der Waals surface area contributed by atoms with Gasteiger partial charge < -0.3 is 9.80 Å². The number of hydrogen-bond donors (Lipinski definition) is 1. The molecule has 0 bridgehead atoms. The average Bonchev–Trinajstić information content (AvgIpc) is 2.79. The smallest absolute Gasteiger partial charge is 0.251 e.